The number of ether oxygens (including phenoxy) is 2. The molecule has 1 heterocycles. The van der Waals surface area contributed by atoms with Crippen molar-refractivity contribution in [3.8, 4) is 28.8 Å². The lowest BCUT2D eigenvalue weighted by atomic mass is 10.1. The van der Waals surface area contributed by atoms with Crippen LogP contribution in [0.15, 0.2) is 42.5 Å². The summed E-state index contributed by atoms with van der Waals surface area (Å²) in [6, 6.07) is 15.7. The van der Waals surface area contributed by atoms with Gasteiger partial charge in [-0.3, -0.25) is 3.11 Å². The number of halogens is 1. The van der Waals surface area contributed by atoms with E-state index in [1.165, 1.54) is 0 Å². The maximum absolute atomic E-state index is 11.7. The standard InChI is InChI=1S/C23H25IN4O3/c1-4-26-23(29)28(24)12-13-31-17-8-6-16(7-9-17)22-20(15-25)19-11-10-18(30-3)14-21(19)27(22)5-2/h6-11,14H,4-5,12-13H2,1-3H3,(H,26,29). The summed E-state index contributed by atoms with van der Waals surface area (Å²) in [6.07, 6.45) is 0. The number of nitrogens with one attached hydrogen (secondary N) is 1. The van der Waals surface area contributed by atoms with Crippen LogP contribution in [0.5, 0.6) is 11.5 Å². The molecule has 1 N–H and O–H groups in total. The molecule has 1 aromatic heterocycles. The highest BCUT2D eigenvalue weighted by molar-refractivity contribution is 14.1. The fourth-order valence-corrected chi connectivity index (χ4v) is 3.86. The van der Waals surface area contributed by atoms with E-state index < -0.39 is 0 Å². The molecule has 0 bridgehead atoms. The van der Waals surface area contributed by atoms with Crippen molar-refractivity contribution in [2.45, 2.75) is 20.4 Å². The van der Waals surface area contributed by atoms with E-state index in [1.54, 1.807) is 10.2 Å². The first-order valence-corrected chi connectivity index (χ1v) is 11.0. The lowest BCUT2D eigenvalue weighted by molar-refractivity contribution is 0.221. The largest absolute Gasteiger partial charge is 0.497 e. The smallest absolute Gasteiger partial charge is 0.326 e. The number of nitrogens with zero attached hydrogens (tertiary/aromatic N) is 3. The third-order valence-electron chi connectivity index (χ3n) is 4.93. The second-order valence-corrected chi connectivity index (χ2v) is 7.92. The van der Waals surface area contributed by atoms with Crippen molar-refractivity contribution in [3.05, 3.63) is 48.0 Å². The summed E-state index contributed by atoms with van der Waals surface area (Å²) in [5.41, 5.74) is 3.45. The van der Waals surface area contributed by atoms with Crippen molar-refractivity contribution < 1.29 is 14.3 Å². The number of aryl methyl sites for hydroxylation is 1. The molecule has 31 heavy (non-hydrogen) atoms. The van der Waals surface area contributed by atoms with E-state index in [0.29, 0.717) is 31.0 Å². The van der Waals surface area contributed by atoms with Crippen LogP contribution in [0.4, 0.5) is 4.79 Å². The van der Waals surface area contributed by atoms with Crippen molar-refractivity contribution >= 4 is 39.8 Å². The summed E-state index contributed by atoms with van der Waals surface area (Å²) < 4.78 is 14.8. The van der Waals surface area contributed by atoms with Crippen LogP contribution in [-0.4, -0.2) is 40.5 Å². The lowest BCUT2D eigenvalue weighted by Crippen LogP contribution is -2.35. The quantitative estimate of drug-likeness (QED) is 0.328. The number of amides is 2. The van der Waals surface area contributed by atoms with E-state index in [4.69, 9.17) is 9.47 Å². The molecule has 0 spiro atoms. The first-order valence-electron chi connectivity index (χ1n) is 10.1. The summed E-state index contributed by atoms with van der Waals surface area (Å²) in [6.45, 7) is 6.12. The number of hydrogen-bond acceptors (Lipinski definition) is 4. The SMILES string of the molecule is CCNC(=O)N(I)CCOc1ccc(-c2c(C#N)c3ccc(OC)cc3n2CC)cc1. The normalized spacial score (nSPS) is 10.5. The molecule has 0 radical (unpaired) electrons. The van der Waals surface area contributed by atoms with Gasteiger partial charge in [0.15, 0.2) is 0 Å². The Morgan fingerprint density at radius 2 is 1.90 bits per heavy atom. The number of carbonyl (C=O) groups excluding carboxylic acids is 1. The molecule has 3 rings (SSSR count). The fourth-order valence-electron chi connectivity index (χ4n) is 3.49. The second kappa shape index (κ2) is 10.4. The number of methoxy groups -OCH3 is 1. The zero-order chi connectivity index (χ0) is 22.4. The van der Waals surface area contributed by atoms with Gasteiger partial charge in [-0.15, -0.1) is 0 Å². The number of carbonyl (C=O) groups is 1. The van der Waals surface area contributed by atoms with Crippen molar-refractivity contribution in [2.24, 2.45) is 0 Å². The van der Waals surface area contributed by atoms with Crippen LogP contribution in [0.3, 0.4) is 0 Å². The molecule has 0 saturated heterocycles. The van der Waals surface area contributed by atoms with Gasteiger partial charge in [-0.2, -0.15) is 5.26 Å². The summed E-state index contributed by atoms with van der Waals surface area (Å²) in [4.78, 5) is 11.7. The van der Waals surface area contributed by atoms with Crippen LogP contribution in [0.1, 0.15) is 19.4 Å². The fraction of sp³-hybridized carbons (Fsp3) is 0.304. The predicted molar refractivity (Wildman–Crippen MR) is 130 cm³/mol. The molecule has 0 fully saturated rings. The second-order valence-electron chi connectivity index (χ2n) is 6.76. The third-order valence-corrected chi connectivity index (χ3v) is 5.85. The molecule has 0 atom stereocenters. The van der Waals surface area contributed by atoms with Crippen LogP contribution < -0.4 is 14.8 Å². The van der Waals surface area contributed by atoms with Gasteiger partial charge in [0.05, 0.1) is 53.3 Å². The third kappa shape index (κ3) is 4.88. The number of aromatic nitrogens is 1. The number of benzene rings is 2. The first kappa shape index (κ1) is 22.7. The van der Waals surface area contributed by atoms with Gasteiger partial charge in [-0.25, -0.2) is 4.79 Å². The minimum atomic E-state index is -0.130. The summed E-state index contributed by atoms with van der Waals surface area (Å²) in [7, 11) is 1.64. The van der Waals surface area contributed by atoms with Gasteiger partial charge in [0.1, 0.15) is 24.2 Å². The molecule has 0 aliphatic carbocycles. The molecule has 162 valence electrons. The minimum Gasteiger partial charge on any atom is -0.497 e. The topological polar surface area (TPSA) is 79.5 Å². The summed E-state index contributed by atoms with van der Waals surface area (Å²) >= 11 is 1.97. The average molecular weight is 532 g/mol. The van der Waals surface area contributed by atoms with E-state index in [1.807, 2.05) is 72.3 Å². The highest BCUT2D eigenvalue weighted by Crippen LogP contribution is 2.35. The van der Waals surface area contributed by atoms with Crippen molar-refractivity contribution in [1.82, 2.24) is 13.0 Å². The van der Waals surface area contributed by atoms with Crippen LogP contribution in [-0.2, 0) is 6.54 Å². The van der Waals surface area contributed by atoms with Gasteiger partial charge in [-0.1, -0.05) is 0 Å². The Hall–Kier alpha value is -2.93. The minimum absolute atomic E-state index is 0.130. The molecule has 8 heteroatoms. The Morgan fingerprint density at radius 1 is 1.19 bits per heavy atom. The molecule has 2 amide bonds. The molecule has 0 aliphatic rings. The molecule has 2 aromatic carbocycles. The highest BCUT2D eigenvalue weighted by Gasteiger charge is 2.18. The molecular weight excluding hydrogens is 507 g/mol. The van der Waals surface area contributed by atoms with E-state index >= 15 is 0 Å². The van der Waals surface area contributed by atoms with Crippen LogP contribution in [0.2, 0.25) is 0 Å². The molecule has 0 saturated carbocycles. The van der Waals surface area contributed by atoms with Gasteiger partial charge in [0.25, 0.3) is 0 Å². The number of fused-ring (bicyclic) bond motifs is 1. The van der Waals surface area contributed by atoms with Crippen molar-refractivity contribution in [1.29, 1.82) is 5.26 Å². The lowest BCUT2D eigenvalue weighted by Gasteiger charge is -2.15. The summed E-state index contributed by atoms with van der Waals surface area (Å²) in [5.74, 6) is 1.47. The van der Waals surface area contributed by atoms with E-state index in [-0.39, 0.29) is 6.03 Å². The van der Waals surface area contributed by atoms with Gasteiger partial charge in [-0.05, 0) is 55.8 Å². The Balaban J connectivity index is 1.82. The van der Waals surface area contributed by atoms with E-state index in [2.05, 4.69) is 22.9 Å². The molecular formula is C23H25IN4O3. The Morgan fingerprint density at radius 3 is 2.52 bits per heavy atom. The summed E-state index contributed by atoms with van der Waals surface area (Å²) in [5, 5.41) is 13.5. The highest BCUT2D eigenvalue weighted by atomic mass is 127. The maximum atomic E-state index is 11.7. The molecule has 7 nitrogen and oxygen atoms in total. The van der Waals surface area contributed by atoms with E-state index in [0.717, 1.165) is 34.5 Å². The van der Waals surface area contributed by atoms with Crippen LogP contribution in [0.25, 0.3) is 22.2 Å². The monoisotopic (exact) mass is 532 g/mol. The zero-order valence-electron chi connectivity index (χ0n) is 17.8. The number of urea groups is 1. The van der Waals surface area contributed by atoms with Gasteiger partial charge < -0.3 is 19.4 Å². The Kier molecular flexibility index (Phi) is 7.63. The first-order chi connectivity index (χ1) is 15.0. The van der Waals surface area contributed by atoms with Crippen molar-refractivity contribution in [2.75, 3.05) is 26.8 Å². The maximum Gasteiger partial charge on any atom is 0.326 e. The van der Waals surface area contributed by atoms with Crippen LogP contribution >= 0.6 is 22.9 Å². The van der Waals surface area contributed by atoms with Gasteiger partial charge >= 0.3 is 6.03 Å². The number of nitriles is 1. The Bertz CT molecular complexity index is 1100. The predicted octanol–water partition coefficient (Wildman–Crippen LogP) is 4.97. The number of rotatable bonds is 8. The van der Waals surface area contributed by atoms with Crippen LogP contribution in [0, 0.1) is 11.3 Å². The van der Waals surface area contributed by atoms with Gasteiger partial charge in [0.2, 0.25) is 0 Å². The number of hydrogen-bond donors (Lipinski definition) is 1. The van der Waals surface area contributed by atoms with Crippen molar-refractivity contribution in [3.63, 3.8) is 0 Å². The average Bonchev–Trinajstić information content (AvgIpc) is 3.12. The Labute approximate surface area is 196 Å². The van der Waals surface area contributed by atoms with Gasteiger partial charge in [0, 0.05) is 24.5 Å². The molecule has 3 aromatic rings. The molecule has 0 unspecified atom stereocenters. The zero-order valence-corrected chi connectivity index (χ0v) is 20.0. The van der Waals surface area contributed by atoms with E-state index in [9.17, 15) is 10.1 Å². The molecule has 0 aliphatic heterocycles.